The van der Waals surface area contributed by atoms with E-state index < -0.39 is 0 Å². The third kappa shape index (κ3) is 4.00. The normalized spacial score (nSPS) is 12.1. The molecule has 1 atom stereocenters. The SMILES string of the molecule is O=C(Cn1ncc2ccccc2c1=O)N[C@@H](Cc1ccccc1)c1nc2ccccc2[nH]1. The van der Waals surface area contributed by atoms with Gasteiger partial charge in [0.2, 0.25) is 5.91 Å². The van der Waals surface area contributed by atoms with Crippen LogP contribution in [0.15, 0.2) is 89.9 Å². The maximum Gasteiger partial charge on any atom is 0.275 e. The summed E-state index contributed by atoms with van der Waals surface area (Å²) in [5, 5.41) is 8.48. The summed E-state index contributed by atoms with van der Waals surface area (Å²) in [5.74, 6) is 0.360. The number of carbonyl (C=O) groups excluding carboxylic acids is 1. The first kappa shape index (κ1) is 19.7. The lowest BCUT2D eigenvalue weighted by molar-refractivity contribution is -0.122. The van der Waals surface area contributed by atoms with Crippen LogP contribution in [0.2, 0.25) is 0 Å². The van der Waals surface area contributed by atoms with Gasteiger partial charge in [-0.1, -0.05) is 60.7 Å². The van der Waals surface area contributed by atoms with Gasteiger partial charge >= 0.3 is 0 Å². The molecule has 0 radical (unpaired) electrons. The number of aromatic nitrogens is 4. The van der Waals surface area contributed by atoms with E-state index in [9.17, 15) is 9.59 Å². The van der Waals surface area contributed by atoms with E-state index in [-0.39, 0.29) is 24.1 Å². The lowest BCUT2D eigenvalue weighted by Crippen LogP contribution is -2.36. The van der Waals surface area contributed by atoms with Gasteiger partial charge < -0.3 is 10.3 Å². The molecule has 0 fully saturated rings. The molecule has 5 aromatic rings. The Morgan fingerprint density at radius 3 is 2.56 bits per heavy atom. The predicted octanol–water partition coefficient (Wildman–Crippen LogP) is 3.37. The molecule has 1 amide bonds. The smallest absolute Gasteiger partial charge is 0.275 e. The van der Waals surface area contributed by atoms with Crippen molar-refractivity contribution in [3.63, 3.8) is 0 Å². The molecule has 0 spiro atoms. The van der Waals surface area contributed by atoms with Crippen LogP contribution in [0.3, 0.4) is 0 Å². The fourth-order valence-electron chi connectivity index (χ4n) is 3.82. The van der Waals surface area contributed by atoms with Crippen molar-refractivity contribution in [1.82, 2.24) is 25.1 Å². The molecule has 2 N–H and O–H groups in total. The van der Waals surface area contributed by atoms with Crippen molar-refractivity contribution in [2.24, 2.45) is 0 Å². The van der Waals surface area contributed by atoms with Crippen LogP contribution in [0.5, 0.6) is 0 Å². The second-order valence-corrected chi connectivity index (χ2v) is 7.64. The van der Waals surface area contributed by atoms with Crippen molar-refractivity contribution < 1.29 is 4.79 Å². The number of hydrogen-bond donors (Lipinski definition) is 2. The maximum atomic E-state index is 12.9. The Labute approximate surface area is 183 Å². The van der Waals surface area contributed by atoms with Crippen molar-refractivity contribution >= 4 is 27.7 Å². The molecule has 0 aliphatic heterocycles. The van der Waals surface area contributed by atoms with Crippen LogP contribution in [0.4, 0.5) is 0 Å². The minimum absolute atomic E-state index is 0.171. The standard InChI is InChI=1S/C25H21N5O2/c31-23(16-30-25(32)19-11-5-4-10-18(19)15-26-30)27-22(14-17-8-2-1-3-9-17)24-28-20-12-6-7-13-21(20)29-24/h1-13,15,22H,14,16H2,(H,27,31)(H,28,29)/t22-/m0/s1. The topological polar surface area (TPSA) is 92.7 Å². The van der Waals surface area contributed by atoms with Crippen LogP contribution in [-0.2, 0) is 17.8 Å². The molecule has 2 heterocycles. The van der Waals surface area contributed by atoms with Gasteiger partial charge in [-0.05, 0) is 30.2 Å². The van der Waals surface area contributed by atoms with Crippen molar-refractivity contribution in [2.75, 3.05) is 0 Å². The van der Waals surface area contributed by atoms with E-state index in [4.69, 9.17) is 0 Å². The molecular formula is C25H21N5O2. The second-order valence-electron chi connectivity index (χ2n) is 7.64. The number of benzene rings is 3. The number of aromatic amines is 1. The first-order chi connectivity index (χ1) is 15.7. The van der Waals surface area contributed by atoms with Gasteiger partial charge in [-0.25, -0.2) is 9.67 Å². The number of hydrogen-bond acceptors (Lipinski definition) is 4. The van der Waals surface area contributed by atoms with Crippen LogP contribution in [0.1, 0.15) is 17.4 Å². The molecule has 5 rings (SSSR count). The Kier molecular flexibility index (Phi) is 5.21. The van der Waals surface area contributed by atoms with Gasteiger partial charge in [-0.2, -0.15) is 5.10 Å². The van der Waals surface area contributed by atoms with Gasteiger partial charge in [0.15, 0.2) is 0 Å². The third-order valence-electron chi connectivity index (χ3n) is 5.41. The fraction of sp³-hybridized carbons (Fsp3) is 0.120. The number of fused-ring (bicyclic) bond motifs is 2. The van der Waals surface area contributed by atoms with Crippen molar-refractivity contribution in [2.45, 2.75) is 19.0 Å². The van der Waals surface area contributed by atoms with Crippen molar-refractivity contribution in [3.05, 3.63) is 107 Å². The second kappa shape index (κ2) is 8.47. The summed E-state index contributed by atoms with van der Waals surface area (Å²) in [6.07, 6.45) is 2.16. The van der Waals surface area contributed by atoms with Gasteiger partial charge in [0, 0.05) is 5.39 Å². The van der Waals surface area contributed by atoms with E-state index in [0.717, 1.165) is 22.0 Å². The summed E-state index contributed by atoms with van der Waals surface area (Å²) in [6.45, 7) is -0.171. The predicted molar refractivity (Wildman–Crippen MR) is 123 cm³/mol. The Hall–Kier alpha value is -4.26. The number of nitrogens with one attached hydrogen (secondary N) is 2. The number of amides is 1. The summed E-state index contributed by atoms with van der Waals surface area (Å²) in [7, 11) is 0. The molecule has 0 saturated carbocycles. The van der Waals surface area contributed by atoms with Crippen molar-refractivity contribution in [3.8, 4) is 0 Å². The van der Waals surface area contributed by atoms with Crippen LogP contribution < -0.4 is 10.9 Å². The van der Waals surface area contributed by atoms with Crippen LogP contribution in [0, 0.1) is 0 Å². The monoisotopic (exact) mass is 423 g/mol. The number of carbonyl (C=O) groups is 1. The van der Waals surface area contributed by atoms with E-state index in [1.807, 2.05) is 66.7 Å². The summed E-state index contributed by atoms with van der Waals surface area (Å²) < 4.78 is 1.19. The van der Waals surface area contributed by atoms with Gasteiger partial charge in [0.1, 0.15) is 12.4 Å². The lowest BCUT2D eigenvalue weighted by atomic mass is 10.1. The number of imidazole rings is 1. The Balaban J connectivity index is 1.42. The highest BCUT2D eigenvalue weighted by molar-refractivity contribution is 5.81. The Morgan fingerprint density at radius 2 is 1.72 bits per heavy atom. The van der Waals surface area contributed by atoms with Crippen LogP contribution in [0.25, 0.3) is 21.8 Å². The number of para-hydroxylation sites is 2. The molecular weight excluding hydrogens is 402 g/mol. The van der Waals surface area contributed by atoms with Gasteiger partial charge in [-0.3, -0.25) is 9.59 Å². The average Bonchev–Trinajstić information content (AvgIpc) is 3.26. The van der Waals surface area contributed by atoms with E-state index in [2.05, 4.69) is 20.4 Å². The highest BCUT2D eigenvalue weighted by Gasteiger charge is 2.20. The summed E-state index contributed by atoms with van der Waals surface area (Å²) in [6, 6.07) is 24.5. The maximum absolute atomic E-state index is 12.9. The molecule has 7 nitrogen and oxygen atoms in total. The molecule has 32 heavy (non-hydrogen) atoms. The largest absolute Gasteiger partial charge is 0.344 e. The number of rotatable bonds is 6. The molecule has 0 aliphatic carbocycles. The third-order valence-corrected chi connectivity index (χ3v) is 5.41. The molecule has 158 valence electrons. The van der Waals surface area contributed by atoms with Gasteiger partial charge in [-0.15, -0.1) is 0 Å². The highest BCUT2D eigenvalue weighted by atomic mass is 16.2. The van der Waals surface area contributed by atoms with Gasteiger partial charge in [0.25, 0.3) is 5.56 Å². The van der Waals surface area contributed by atoms with E-state index in [0.29, 0.717) is 17.6 Å². The Bertz CT molecular complexity index is 1420. The zero-order valence-electron chi connectivity index (χ0n) is 17.2. The van der Waals surface area contributed by atoms with Crippen LogP contribution >= 0.6 is 0 Å². The first-order valence-electron chi connectivity index (χ1n) is 10.4. The highest BCUT2D eigenvalue weighted by Crippen LogP contribution is 2.20. The van der Waals surface area contributed by atoms with E-state index in [1.54, 1.807) is 18.3 Å². The zero-order chi connectivity index (χ0) is 21.9. The molecule has 7 heteroatoms. The Morgan fingerprint density at radius 1 is 0.969 bits per heavy atom. The zero-order valence-corrected chi connectivity index (χ0v) is 17.2. The molecule has 0 unspecified atom stereocenters. The minimum Gasteiger partial charge on any atom is -0.344 e. The number of H-pyrrole nitrogens is 1. The van der Waals surface area contributed by atoms with Crippen molar-refractivity contribution in [1.29, 1.82) is 0 Å². The summed E-state index contributed by atoms with van der Waals surface area (Å²) >= 11 is 0. The summed E-state index contributed by atoms with van der Waals surface area (Å²) in [4.78, 5) is 33.7. The van der Waals surface area contributed by atoms with Gasteiger partial charge in [0.05, 0.1) is 28.7 Å². The molecule has 0 saturated heterocycles. The average molecular weight is 423 g/mol. The van der Waals surface area contributed by atoms with E-state index >= 15 is 0 Å². The van der Waals surface area contributed by atoms with Crippen LogP contribution in [-0.4, -0.2) is 25.7 Å². The fourth-order valence-corrected chi connectivity index (χ4v) is 3.82. The number of nitrogens with zero attached hydrogens (tertiary/aromatic N) is 3. The molecule has 3 aromatic carbocycles. The molecule has 0 aliphatic rings. The molecule has 0 bridgehead atoms. The lowest BCUT2D eigenvalue weighted by Gasteiger charge is -2.17. The molecule has 2 aromatic heterocycles. The quantitative estimate of drug-likeness (QED) is 0.438. The minimum atomic E-state index is -0.381. The first-order valence-corrected chi connectivity index (χ1v) is 10.4. The summed E-state index contributed by atoms with van der Waals surface area (Å²) in [5.41, 5.74) is 2.52. The van der Waals surface area contributed by atoms with E-state index in [1.165, 1.54) is 4.68 Å².